The Labute approximate surface area is 367 Å². The summed E-state index contributed by atoms with van der Waals surface area (Å²) in [7, 11) is 0. The van der Waals surface area contributed by atoms with E-state index in [1.807, 2.05) is 105 Å². The predicted octanol–water partition coefficient (Wildman–Crippen LogP) is 6.44. The van der Waals surface area contributed by atoms with Crippen molar-refractivity contribution in [3.05, 3.63) is 139 Å². The minimum Gasteiger partial charge on any atom is -0.481 e. The van der Waals surface area contributed by atoms with Crippen LogP contribution in [0.1, 0.15) is 57.1 Å². The lowest BCUT2D eigenvalue weighted by Gasteiger charge is -2.17. The summed E-state index contributed by atoms with van der Waals surface area (Å²) < 4.78 is 2.01. The maximum absolute atomic E-state index is 11.1. The fraction of sp³-hybridized carbons (Fsp3) is 0.391. The number of aryl methyl sites for hydroxylation is 2. The minimum absolute atomic E-state index is 0.0833. The molecule has 4 fully saturated rings. The van der Waals surface area contributed by atoms with E-state index < -0.39 is 23.9 Å². The number of aliphatic carboxylic acids is 4. The zero-order chi connectivity index (χ0) is 43.3. The second-order valence-electron chi connectivity index (χ2n) is 15.7. The molecule has 8 N–H and O–H groups in total. The number of carboxylic acids is 4. The SMILES string of the molecule is Cc1cccc(C2CNCC2C(=O)O)c1.Cc1ccccc1C1CNCC1C(=O)O.O=C(O)C1CNCC1c1cccc(Br)c1.O=C(O)[C@H]1CNC[C@@H]1c1ccc(Br)cc1. The van der Waals surface area contributed by atoms with Crippen LogP contribution in [0.2, 0.25) is 0 Å². The molecule has 4 aromatic rings. The van der Waals surface area contributed by atoms with Gasteiger partial charge in [0.15, 0.2) is 0 Å². The summed E-state index contributed by atoms with van der Waals surface area (Å²) in [4.78, 5) is 44.1. The van der Waals surface area contributed by atoms with Gasteiger partial charge in [-0.3, -0.25) is 19.2 Å². The van der Waals surface area contributed by atoms with Crippen LogP contribution in [0.3, 0.4) is 0 Å². The van der Waals surface area contributed by atoms with Crippen molar-refractivity contribution in [1.82, 2.24) is 21.3 Å². The lowest BCUT2D eigenvalue weighted by molar-refractivity contribution is -0.142. The number of benzene rings is 4. The van der Waals surface area contributed by atoms with Crippen molar-refractivity contribution in [3.63, 3.8) is 0 Å². The van der Waals surface area contributed by atoms with Crippen LogP contribution >= 0.6 is 31.9 Å². The Morgan fingerprint density at radius 2 is 0.867 bits per heavy atom. The van der Waals surface area contributed by atoms with E-state index in [0.29, 0.717) is 26.2 Å². The zero-order valence-corrected chi connectivity index (χ0v) is 36.9. The van der Waals surface area contributed by atoms with Gasteiger partial charge in [-0.25, -0.2) is 0 Å². The molecule has 4 aliphatic rings. The smallest absolute Gasteiger partial charge is 0.308 e. The summed E-state index contributed by atoms with van der Waals surface area (Å²) in [5.74, 6) is -3.61. The molecule has 0 radical (unpaired) electrons. The Bertz CT molecular complexity index is 2010. The van der Waals surface area contributed by atoms with E-state index in [1.54, 1.807) is 0 Å². The first-order chi connectivity index (χ1) is 28.7. The maximum Gasteiger partial charge on any atom is 0.308 e. The Morgan fingerprint density at radius 1 is 0.450 bits per heavy atom. The normalized spacial score (nSPS) is 25.4. The molecule has 60 heavy (non-hydrogen) atoms. The van der Waals surface area contributed by atoms with Crippen LogP contribution < -0.4 is 21.3 Å². The van der Waals surface area contributed by atoms with E-state index in [1.165, 1.54) is 11.1 Å². The molecule has 0 bridgehead atoms. The summed E-state index contributed by atoms with van der Waals surface area (Å²) in [6.45, 7) is 9.37. The molecule has 0 spiro atoms. The van der Waals surface area contributed by atoms with Crippen molar-refractivity contribution < 1.29 is 39.6 Å². The van der Waals surface area contributed by atoms with E-state index in [-0.39, 0.29) is 47.3 Å². The number of rotatable bonds is 8. The summed E-state index contributed by atoms with van der Waals surface area (Å²) in [5.41, 5.74) is 6.83. The molecular weight excluding hydrogens is 896 g/mol. The fourth-order valence-electron chi connectivity index (χ4n) is 8.48. The standard InChI is InChI=1S/2C12H15NO2.2C11H12BrNO2/c1-8-3-2-4-9(5-8)10-6-13-7-11(10)12(14)15;1-8-4-2-3-5-9(8)10-6-13-7-11(10)12(14)15;12-8-3-1-7(2-4-8)9-5-13-6-10(9)11(14)15;12-8-3-1-2-7(4-8)9-5-13-6-10(9)11(14)15/h2*2-5,10-11,13H,6-7H2,1H3,(H,14,15);2*1-4,9-10,13H,5-6H2,(H,14,15)/t;;9-,10+;/m..1./s1. The molecule has 8 atom stereocenters. The third kappa shape index (κ3) is 12.6. The number of carboxylic acid groups (broad SMARTS) is 4. The van der Waals surface area contributed by atoms with Crippen molar-refractivity contribution in [2.75, 3.05) is 52.4 Å². The van der Waals surface area contributed by atoms with Gasteiger partial charge in [0.25, 0.3) is 0 Å². The molecule has 4 saturated heterocycles. The van der Waals surface area contributed by atoms with Crippen molar-refractivity contribution in [2.45, 2.75) is 37.5 Å². The quantitative estimate of drug-likeness (QED) is 0.0965. The molecule has 6 unspecified atom stereocenters. The van der Waals surface area contributed by atoms with Gasteiger partial charge in [0, 0.05) is 85.0 Å². The van der Waals surface area contributed by atoms with Gasteiger partial charge in [-0.05, 0) is 65.9 Å². The van der Waals surface area contributed by atoms with Crippen LogP contribution in [0.5, 0.6) is 0 Å². The highest BCUT2D eigenvalue weighted by atomic mass is 79.9. The third-order valence-corrected chi connectivity index (χ3v) is 12.8. The second-order valence-corrected chi connectivity index (χ2v) is 17.5. The number of nitrogens with one attached hydrogen (secondary N) is 4. The molecule has 0 aromatic heterocycles. The monoisotopic (exact) mass is 948 g/mol. The van der Waals surface area contributed by atoms with Crippen molar-refractivity contribution in [2.24, 2.45) is 23.7 Å². The van der Waals surface area contributed by atoms with Crippen LogP contribution in [0.4, 0.5) is 0 Å². The molecule has 4 aromatic carbocycles. The van der Waals surface area contributed by atoms with Gasteiger partial charge < -0.3 is 41.7 Å². The topological polar surface area (TPSA) is 197 Å². The van der Waals surface area contributed by atoms with E-state index in [0.717, 1.165) is 57.4 Å². The van der Waals surface area contributed by atoms with E-state index >= 15 is 0 Å². The molecule has 4 aliphatic heterocycles. The lowest BCUT2D eigenvalue weighted by atomic mass is 9.86. The van der Waals surface area contributed by atoms with Gasteiger partial charge in [0.05, 0.1) is 23.7 Å². The summed E-state index contributed by atoms with van der Waals surface area (Å²) >= 11 is 6.76. The minimum atomic E-state index is -0.718. The molecule has 320 valence electrons. The van der Waals surface area contributed by atoms with Crippen LogP contribution in [0.15, 0.2) is 106 Å². The molecular formula is C46H54Br2N4O8. The maximum atomic E-state index is 11.1. The zero-order valence-electron chi connectivity index (χ0n) is 33.7. The number of halogens is 2. The van der Waals surface area contributed by atoms with Crippen molar-refractivity contribution >= 4 is 55.7 Å². The Hall–Kier alpha value is -4.44. The highest BCUT2D eigenvalue weighted by molar-refractivity contribution is 9.10. The van der Waals surface area contributed by atoms with Gasteiger partial charge in [-0.1, -0.05) is 110 Å². The van der Waals surface area contributed by atoms with E-state index in [4.69, 9.17) is 20.4 Å². The molecule has 0 aliphatic carbocycles. The first kappa shape index (κ1) is 46.6. The summed E-state index contributed by atoms with van der Waals surface area (Å²) in [6, 6.07) is 31.9. The molecule has 0 saturated carbocycles. The Morgan fingerprint density at radius 3 is 1.32 bits per heavy atom. The van der Waals surface area contributed by atoms with E-state index in [2.05, 4.69) is 59.2 Å². The average Bonchev–Trinajstić information content (AvgIpc) is 4.06. The predicted molar refractivity (Wildman–Crippen MR) is 238 cm³/mol. The van der Waals surface area contributed by atoms with E-state index in [9.17, 15) is 19.2 Å². The van der Waals surface area contributed by atoms with Gasteiger partial charge in [-0.2, -0.15) is 0 Å². The molecule has 4 heterocycles. The second kappa shape index (κ2) is 22.4. The molecule has 12 nitrogen and oxygen atoms in total. The third-order valence-electron chi connectivity index (χ3n) is 11.8. The number of hydrogen-bond acceptors (Lipinski definition) is 8. The summed E-state index contributed by atoms with van der Waals surface area (Å²) in [5, 5.41) is 48.8. The lowest BCUT2D eigenvalue weighted by Crippen LogP contribution is -2.21. The van der Waals surface area contributed by atoms with Gasteiger partial charge in [0.1, 0.15) is 0 Å². The van der Waals surface area contributed by atoms with Crippen molar-refractivity contribution in [1.29, 1.82) is 0 Å². The summed E-state index contributed by atoms with van der Waals surface area (Å²) in [6.07, 6.45) is 0. The highest BCUT2D eigenvalue weighted by Gasteiger charge is 2.36. The molecule has 0 amide bonds. The Balaban J connectivity index is 0.000000152. The first-order valence-electron chi connectivity index (χ1n) is 20.1. The molecule has 8 rings (SSSR count). The first-order valence-corrected chi connectivity index (χ1v) is 21.7. The van der Waals surface area contributed by atoms with Crippen molar-refractivity contribution in [3.8, 4) is 0 Å². The number of hydrogen-bond donors (Lipinski definition) is 8. The van der Waals surface area contributed by atoms with Crippen LogP contribution in [0.25, 0.3) is 0 Å². The van der Waals surface area contributed by atoms with Gasteiger partial charge in [-0.15, -0.1) is 0 Å². The van der Waals surface area contributed by atoms with Gasteiger partial charge >= 0.3 is 23.9 Å². The number of carbonyl (C=O) groups is 4. The fourth-order valence-corrected chi connectivity index (χ4v) is 9.16. The van der Waals surface area contributed by atoms with Crippen LogP contribution in [-0.2, 0) is 19.2 Å². The van der Waals surface area contributed by atoms with Crippen LogP contribution in [-0.4, -0.2) is 96.7 Å². The largest absolute Gasteiger partial charge is 0.481 e. The van der Waals surface area contributed by atoms with Crippen LogP contribution in [0, 0.1) is 37.5 Å². The molecule has 14 heteroatoms. The highest BCUT2D eigenvalue weighted by Crippen LogP contribution is 2.32. The average molecular weight is 951 g/mol. The Kier molecular flexibility index (Phi) is 17.4. The van der Waals surface area contributed by atoms with Gasteiger partial charge in [0.2, 0.25) is 0 Å².